The quantitative estimate of drug-likeness (QED) is 0.388. The summed E-state index contributed by atoms with van der Waals surface area (Å²) in [6.07, 6.45) is 1.94. The summed E-state index contributed by atoms with van der Waals surface area (Å²) in [6, 6.07) is 15.8. The first-order valence-electron chi connectivity index (χ1n) is 13.5. The maximum Gasteiger partial charge on any atom is 0.323 e. The van der Waals surface area contributed by atoms with Crippen molar-refractivity contribution in [3.05, 3.63) is 59.7 Å². The average Bonchev–Trinajstić information content (AvgIpc) is 2.90. The van der Waals surface area contributed by atoms with Gasteiger partial charge in [0.1, 0.15) is 24.0 Å². The van der Waals surface area contributed by atoms with Crippen LogP contribution in [0.5, 0.6) is 5.75 Å². The Bertz CT molecular complexity index is 1070. The van der Waals surface area contributed by atoms with Gasteiger partial charge < -0.3 is 25.0 Å². The van der Waals surface area contributed by atoms with Gasteiger partial charge in [-0.1, -0.05) is 38.1 Å². The molecule has 1 unspecified atom stereocenters. The van der Waals surface area contributed by atoms with Gasteiger partial charge in [-0.25, -0.2) is 4.99 Å². The number of ether oxygens (including phenoxy) is 2. The lowest BCUT2D eigenvalue weighted by Gasteiger charge is -2.22. The highest BCUT2D eigenvalue weighted by atomic mass is 16.6. The van der Waals surface area contributed by atoms with Crippen LogP contribution in [0.4, 0.5) is 5.69 Å². The maximum absolute atomic E-state index is 12.2. The lowest BCUT2D eigenvalue weighted by Crippen LogP contribution is -2.38. The number of likely N-dealkylation sites (N-methyl/N-ethyl adjacent to an activating group) is 1. The molecule has 0 fully saturated rings. The second kappa shape index (κ2) is 14.1. The zero-order valence-electron chi connectivity index (χ0n) is 23.7. The Hall–Kier alpha value is -3.23. The van der Waals surface area contributed by atoms with E-state index >= 15 is 0 Å². The van der Waals surface area contributed by atoms with Crippen LogP contribution in [0.3, 0.4) is 0 Å². The van der Waals surface area contributed by atoms with E-state index in [0.29, 0.717) is 25.7 Å². The zero-order chi connectivity index (χ0) is 27.5. The summed E-state index contributed by atoms with van der Waals surface area (Å²) >= 11 is 0. The van der Waals surface area contributed by atoms with Gasteiger partial charge in [0.2, 0.25) is 5.96 Å². The number of anilines is 1. The Labute approximate surface area is 227 Å². The summed E-state index contributed by atoms with van der Waals surface area (Å²) in [4.78, 5) is 23.7. The normalized spacial score (nSPS) is 16.2. The van der Waals surface area contributed by atoms with Crippen molar-refractivity contribution in [1.82, 2.24) is 10.2 Å². The van der Waals surface area contributed by atoms with Gasteiger partial charge in [-0.05, 0) is 76.2 Å². The number of benzene rings is 2. The fourth-order valence-electron chi connectivity index (χ4n) is 3.92. The highest BCUT2D eigenvalue weighted by Gasteiger charge is 2.21. The molecule has 38 heavy (non-hydrogen) atoms. The number of guanidine groups is 1. The monoisotopic (exact) mass is 521 g/mol. The minimum Gasteiger partial charge on any atom is -0.492 e. The smallest absolute Gasteiger partial charge is 0.323 e. The van der Waals surface area contributed by atoms with Crippen molar-refractivity contribution in [3.8, 4) is 5.75 Å². The highest BCUT2D eigenvalue weighted by Crippen LogP contribution is 2.20. The summed E-state index contributed by atoms with van der Waals surface area (Å²) in [7, 11) is 0. The van der Waals surface area contributed by atoms with Crippen molar-refractivity contribution in [2.75, 3.05) is 38.1 Å². The third-order valence-corrected chi connectivity index (χ3v) is 6.28. The van der Waals surface area contributed by atoms with E-state index in [9.17, 15) is 4.79 Å². The number of hydrogen-bond acceptors (Lipinski definition) is 8. The minimum atomic E-state index is -0.487. The third-order valence-electron chi connectivity index (χ3n) is 6.28. The number of carbonyl (C=O) groups is 1. The molecule has 8 nitrogen and oxygen atoms in total. The molecular weight excluding hydrogens is 478 g/mol. The number of nitrogens with one attached hydrogen (secondary N) is 2. The van der Waals surface area contributed by atoms with Gasteiger partial charge in [0.15, 0.2) is 0 Å². The number of aliphatic imine (C=N–C) groups is 2. The fourth-order valence-corrected chi connectivity index (χ4v) is 3.92. The van der Waals surface area contributed by atoms with Crippen molar-refractivity contribution in [2.24, 2.45) is 9.98 Å². The van der Waals surface area contributed by atoms with E-state index < -0.39 is 5.60 Å². The summed E-state index contributed by atoms with van der Waals surface area (Å²) in [5.74, 6) is 1.35. The van der Waals surface area contributed by atoms with Crippen LogP contribution in [-0.2, 0) is 16.1 Å². The third kappa shape index (κ3) is 9.58. The average molecular weight is 522 g/mol. The number of rotatable bonds is 12. The minimum absolute atomic E-state index is 0.129. The van der Waals surface area contributed by atoms with Gasteiger partial charge in [-0.3, -0.25) is 9.79 Å². The van der Waals surface area contributed by atoms with Crippen LogP contribution in [0.1, 0.15) is 58.6 Å². The molecule has 0 aromatic heterocycles. The SMILES string of the molecule is CCN(CC)CCOc1ccc(NC2=NCC(c3ccc(CN[C@@H](C)C(=O)OC(C)(C)C)cc3)C=N2)cc1. The van der Waals surface area contributed by atoms with E-state index in [1.165, 1.54) is 0 Å². The van der Waals surface area contributed by atoms with Crippen LogP contribution >= 0.6 is 0 Å². The van der Waals surface area contributed by atoms with E-state index in [2.05, 4.69) is 63.6 Å². The standard InChI is InChI=1S/C30H43N5O3/c1-7-35(8-2)17-18-37-27-15-13-26(14-16-27)34-29-32-20-25(21-33-29)24-11-9-23(10-12-24)19-31-22(3)28(36)38-30(4,5)6/h9-16,20,22,25,31H,7-8,17-19,21H2,1-6H3,(H,33,34)/t22-,25?/m0/s1. The molecule has 1 heterocycles. The Morgan fingerprint density at radius 2 is 1.76 bits per heavy atom. The molecule has 0 radical (unpaired) electrons. The molecule has 3 rings (SSSR count). The van der Waals surface area contributed by atoms with Gasteiger partial charge >= 0.3 is 5.97 Å². The van der Waals surface area contributed by atoms with Gasteiger partial charge in [0.05, 0.1) is 6.54 Å². The largest absolute Gasteiger partial charge is 0.492 e. The molecule has 0 amide bonds. The summed E-state index contributed by atoms with van der Waals surface area (Å²) < 4.78 is 11.3. The Kier molecular flexibility index (Phi) is 10.9. The molecule has 1 aliphatic heterocycles. The summed E-state index contributed by atoms with van der Waals surface area (Å²) in [5.41, 5.74) is 2.70. The molecule has 0 bridgehead atoms. The molecule has 2 aromatic rings. The zero-order valence-corrected chi connectivity index (χ0v) is 23.7. The lowest BCUT2D eigenvalue weighted by atomic mass is 9.98. The van der Waals surface area contributed by atoms with E-state index in [4.69, 9.17) is 9.47 Å². The van der Waals surface area contributed by atoms with Crippen molar-refractivity contribution in [1.29, 1.82) is 0 Å². The molecule has 2 atom stereocenters. The van der Waals surface area contributed by atoms with E-state index in [-0.39, 0.29) is 17.9 Å². The lowest BCUT2D eigenvalue weighted by molar-refractivity contribution is -0.157. The number of carbonyl (C=O) groups excluding carboxylic acids is 1. The van der Waals surface area contributed by atoms with Gasteiger partial charge in [-0.2, -0.15) is 0 Å². The molecule has 1 aliphatic rings. The van der Waals surface area contributed by atoms with E-state index in [0.717, 1.165) is 42.2 Å². The Balaban J connectivity index is 1.43. The summed E-state index contributed by atoms with van der Waals surface area (Å²) in [6.45, 7) is 16.6. The molecule has 0 saturated heterocycles. The van der Waals surface area contributed by atoms with Crippen molar-refractivity contribution < 1.29 is 14.3 Å². The van der Waals surface area contributed by atoms with Gasteiger partial charge in [0.25, 0.3) is 0 Å². The number of hydrogen-bond donors (Lipinski definition) is 2. The predicted octanol–water partition coefficient (Wildman–Crippen LogP) is 4.86. The first kappa shape index (κ1) is 29.3. The molecule has 2 N–H and O–H groups in total. The molecule has 2 aromatic carbocycles. The van der Waals surface area contributed by atoms with Crippen LogP contribution in [0.25, 0.3) is 0 Å². The highest BCUT2D eigenvalue weighted by molar-refractivity contribution is 6.00. The van der Waals surface area contributed by atoms with Gasteiger partial charge in [-0.15, -0.1) is 0 Å². The molecule has 0 aliphatic carbocycles. The fraction of sp³-hybridized carbons (Fsp3) is 0.500. The van der Waals surface area contributed by atoms with Crippen LogP contribution < -0.4 is 15.4 Å². The first-order chi connectivity index (χ1) is 18.2. The Morgan fingerprint density at radius 3 is 2.34 bits per heavy atom. The number of nitrogens with zero attached hydrogens (tertiary/aromatic N) is 3. The van der Waals surface area contributed by atoms with Crippen LogP contribution in [0.15, 0.2) is 58.5 Å². The van der Waals surface area contributed by atoms with E-state index in [1.807, 2.05) is 58.2 Å². The summed E-state index contributed by atoms with van der Waals surface area (Å²) in [5, 5.41) is 6.51. The van der Waals surface area contributed by atoms with Crippen molar-refractivity contribution in [3.63, 3.8) is 0 Å². The van der Waals surface area contributed by atoms with Gasteiger partial charge in [0, 0.05) is 30.9 Å². The van der Waals surface area contributed by atoms with Crippen LogP contribution in [0, 0.1) is 0 Å². The second-order valence-corrected chi connectivity index (χ2v) is 10.5. The van der Waals surface area contributed by atoms with Crippen molar-refractivity contribution >= 4 is 23.8 Å². The molecule has 8 heteroatoms. The predicted molar refractivity (Wildman–Crippen MR) is 155 cm³/mol. The Morgan fingerprint density at radius 1 is 1.08 bits per heavy atom. The maximum atomic E-state index is 12.2. The molecule has 0 saturated carbocycles. The van der Waals surface area contributed by atoms with Crippen LogP contribution in [-0.4, -0.2) is 67.5 Å². The molecule has 206 valence electrons. The molecule has 0 spiro atoms. The van der Waals surface area contributed by atoms with E-state index in [1.54, 1.807) is 0 Å². The second-order valence-electron chi connectivity index (χ2n) is 10.5. The first-order valence-corrected chi connectivity index (χ1v) is 13.5. The van der Waals surface area contributed by atoms with Crippen molar-refractivity contribution in [2.45, 2.75) is 65.6 Å². The topological polar surface area (TPSA) is 87.6 Å². The molecular formula is C30H43N5O3. The van der Waals surface area contributed by atoms with Crippen LogP contribution in [0.2, 0.25) is 0 Å². The number of esters is 1.